The quantitative estimate of drug-likeness (QED) is 0.895. The first kappa shape index (κ1) is 15.5. The number of amides is 1. The Balaban J connectivity index is 2.12. The van der Waals surface area contributed by atoms with E-state index in [1.54, 1.807) is 11.3 Å². The van der Waals surface area contributed by atoms with Gasteiger partial charge in [0.15, 0.2) is 0 Å². The van der Waals surface area contributed by atoms with Crippen molar-refractivity contribution in [1.82, 2.24) is 5.32 Å². The highest BCUT2D eigenvalue weighted by atomic mass is 32.1. The first-order chi connectivity index (χ1) is 9.58. The average Bonchev–Trinajstić information content (AvgIpc) is 2.81. The summed E-state index contributed by atoms with van der Waals surface area (Å²) < 4.78 is 0. The zero-order chi connectivity index (χ0) is 14.6. The summed E-state index contributed by atoms with van der Waals surface area (Å²) in [6, 6.07) is 2.06. The molecule has 20 heavy (non-hydrogen) atoms. The fourth-order valence-corrected chi connectivity index (χ4v) is 3.68. The largest absolute Gasteiger partial charge is 0.394 e. The molecule has 2 N–H and O–H groups in total. The zero-order valence-electron chi connectivity index (χ0n) is 12.5. The van der Waals surface area contributed by atoms with E-state index in [0.717, 1.165) is 24.1 Å². The van der Waals surface area contributed by atoms with Crippen LogP contribution in [0, 0.1) is 0 Å². The van der Waals surface area contributed by atoms with Gasteiger partial charge in [-0.15, -0.1) is 11.3 Å². The number of aliphatic hydroxyl groups excluding tert-OH is 1. The van der Waals surface area contributed by atoms with Crippen LogP contribution in [0.15, 0.2) is 6.07 Å². The van der Waals surface area contributed by atoms with Gasteiger partial charge in [-0.1, -0.05) is 19.8 Å². The molecule has 4 heteroatoms. The predicted octanol–water partition coefficient (Wildman–Crippen LogP) is 3.30. The summed E-state index contributed by atoms with van der Waals surface area (Å²) >= 11 is 1.63. The molecule has 112 valence electrons. The highest BCUT2D eigenvalue weighted by molar-refractivity contribution is 7.14. The van der Waals surface area contributed by atoms with Gasteiger partial charge in [-0.05, 0) is 50.7 Å². The molecule has 0 fully saturated rings. The predicted molar refractivity (Wildman–Crippen MR) is 83.4 cm³/mol. The Hall–Kier alpha value is -0.870. The zero-order valence-corrected chi connectivity index (χ0v) is 13.3. The second-order valence-corrected chi connectivity index (χ2v) is 7.14. The van der Waals surface area contributed by atoms with E-state index in [1.807, 2.05) is 13.8 Å². The van der Waals surface area contributed by atoms with Crippen LogP contribution < -0.4 is 5.32 Å². The van der Waals surface area contributed by atoms with Crippen molar-refractivity contribution in [3.63, 3.8) is 0 Å². The van der Waals surface area contributed by atoms with Crippen LogP contribution in [0.1, 0.15) is 66.1 Å². The maximum atomic E-state index is 12.4. The summed E-state index contributed by atoms with van der Waals surface area (Å²) in [6.07, 6.45) is 8.00. The van der Waals surface area contributed by atoms with Crippen LogP contribution in [0.4, 0.5) is 0 Å². The second kappa shape index (κ2) is 6.72. The Morgan fingerprint density at radius 1 is 1.35 bits per heavy atom. The molecule has 0 saturated carbocycles. The van der Waals surface area contributed by atoms with Crippen molar-refractivity contribution in [2.24, 2.45) is 0 Å². The number of carbonyl (C=O) groups is 1. The maximum Gasteiger partial charge on any atom is 0.261 e. The van der Waals surface area contributed by atoms with Gasteiger partial charge >= 0.3 is 0 Å². The molecular formula is C16H25NO2S. The number of hydrogen-bond acceptors (Lipinski definition) is 3. The molecule has 3 nitrogen and oxygen atoms in total. The molecule has 1 aromatic rings. The Labute approximate surface area is 125 Å². The van der Waals surface area contributed by atoms with Crippen LogP contribution in [0.3, 0.4) is 0 Å². The summed E-state index contributed by atoms with van der Waals surface area (Å²) in [5.74, 6) is -0.0415. The van der Waals surface area contributed by atoms with Gasteiger partial charge in [-0.25, -0.2) is 0 Å². The van der Waals surface area contributed by atoms with Gasteiger partial charge in [0.2, 0.25) is 0 Å². The summed E-state index contributed by atoms with van der Waals surface area (Å²) in [5.41, 5.74) is 0.845. The molecule has 0 bridgehead atoms. The number of nitrogens with one attached hydrogen (secondary N) is 1. The monoisotopic (exact) mass is 295 g/mol. The van der Waals surface area contributed by atoms with E-state index < -0.39 is 5.54 Å². The molecule has 1 aliphatic rings. The average molecular weight is 295 g/mol. The summed E-state index contributed by atoms with van der Waals surface area (Å²) in [7, 11) is 0. The van der Waals surface area contributed by atoms with E-state index in [2.05, 4.69) is 11.4 Å². The molecule has 1 amide bonds. The van der Waals surface area contributed by atoms with Crippen molar-refractivity contribution in [1.29, 1.82) is 0 Å². The Kier molecular flexibility index (Phi) is 5.22. The Morgan fingerprint density at radius 3 is 2.70 bits per heavy atom. The molecule has 0 aromatic carbocycles. The molecule has 0 radical (unpaired) electrons. The van der Waals surface area contributed by atoms with Crippen molar-refractivity contribution >= 4 is 17.2 Å². The lowest BCUT2D eigenvalue weighted by Crippen LogP contribution is -2.48. The number of rotatable bonds is 4. The van der Waals surface area contributed by atoms with Crippen molar-refractivity contribution in [2.75, 3.05) is 6.61 Å². The molecule has 1 aromatic heterocycles. The van der Waals surface area contributed by atoms with Crippen LogP contribution in [0.5, 0.6) is 0 Å². The summed E-state index contributed by atoms with van der Waals surface area (Å²) in [6.45, 7) is 3.83. The molecule has 0 aliphatic heterocycles. The number of aliphatic hydroxyl groups is 1. The van der Waals surface area contributed by atoms with Crippen molar-refractivity contribution in [3.05, 3.63) is 21.4 Å². The van der Waals surface area contributed by atoms with Gasteiger partial charge in [0.1, 0.15) is 0 Å². The van der Waals surface area contributed by atoms with Gasteiger partial charge in [0.05, 0.1) is 17.0 Å². The van der Waals surface area contributed by atoms with E-state index in [9.17, 15) is 9.90 Å². The minimum absolute atomic E-state index is 0.0275. The SMILES string of the molecule is CCC(C)(CO)NC(=O)c1cc2c(s1)CCCCCC2. The lowest BCUT2D eigenvalue weighted by atomic mass is 9.99. The topological polar surface area (TPSA) is 49.3 Å². The number of thiophene rings is 1. The smallest absolute Gasteiger partial charge is 0.261 e. The number of hydrogen-bond donors (Lipinski definition) is 2. The van der Waals surface area contributed by atoms with Crippen LogP contribution in [0.25, 0.3) is 0 Å². The third kappa shape index (κ3) is 3.61. The molecule has 1 atom stereocenters. The van der Waals surface area contributed by atoms with E-state index in [0.29, 0.717) is 0 Å². The minimum Gasteiger partial charge on any atom is -0.394 e. The van der Waals surface area contributed by atoms with Gasteiger partial charge in [0, 0.05) is 4.88 Å². The second-order valence-electron chi connectivity index (χ2n) is 6.00. The molecule has 1 unspecified atom stereocenters. The van der Waals surface area contributed by atoms with Crippen molar-refractivity contribution in [3.8, 4) is 0 Å². The molecule has 1 aliphatic carbocycles. The van der Waals surface area contributed by atoms with Crippen LogP contribution in [-0.2, 0) is 12.8 Å². The molecule has 0 saturated heterocycles. The first-order valence-corrected chi connectivity index (χ1v) is 8.44. The molecule has 1 heterocycles. The molecule has 2 rings (SSSR count). The number of carbonyl (C=O) groups excluding carboxylic acids is 1. The maximum absolute atomic E-state index is 12.4. The Bertz CT molecular complexity index is 438. The lowest BCUT2D eigenvalue weighted by Gasteiger charge is -2.26. The lowest BCUT2D eigenvalue weighted by molar-refractivity contribution is 0.0851. The van der Waals surface area contributed by atoms with E-state index in [4.69, 9.17) is 0 Å². The normalized spacial score (nSPS) is 18.6. The third-order valence-corrected chi connectivity index (χ3v) is 5.50. The fourth-order valence-electron chi connectivity index (χ4n) is 2.53. The fraction of sp³-hybridized carbons (Fsp3) is 0.688. The van der Waals surface area contributed by atoms with Gasteiger partial charge in [-0.3, -0.25) is 4.79 Å². The molecular weight excluding hydrogens is 270 g/mol. The standard InChI is InChI=1S/C16H25NO2S/c1-3-16(2,11-18)17-15(19)14-10-12-8-6-4-5-7-9-13(12)20-14/h10,18H,3-9,11H2,1-2H3,(H,17,19). The van der Waals surface area contributed by atoms with Gasteiger partial charge in [0.25, 0.3) is 5.91 Å². The third-order valence-electron chi connectivity index (χ3n) is 4.26. The van der Waals surface area contributed by atoms with Gasteiger partial charge in [-0.2, -0.15) is 0 Å². The highest BCUT2D eigenvalue weighted by Crippen LogP contribution is 2.28. The number of fused-ring (bicyclic) bond motifs is 1. The van der Waals surface area contributed by atoms with Crippen LogP contribution >= 0.6 is 11.3 Å². The number of aryl methyl sites for hydroxylation is 2. The first-order valence-electron chi connectivity index (χ1n) is 7.63. The van der Waals surface area contributed by atoms with Crippen LogP contribution in [0.2, 0.25) is 0 Å². The van der Waals surface area contributed by atoms with Crippen molar-refractivity contribution in [2.45, 2.75) is 64.3 Å². The van der Waals surface area contributed by atoms with Crippen LogP contribution in [-0.4, -0.2) is 23.2 Å². The summed E-state index contributed by atoms with van der Waals surface area (Å²) in [5, 5.41) is 12.4. The van der Waals surface area contributed by atoms with E-state index in [-0.39, 0.29) is 12.5 Å². The Morgan fingerprint density at radius 2 is 2.05 bits per heavy atom. The van der Waals surface area contributed by atoms with E-state index >= 15 is 0 Å². The minimum atomic E-state index is -0.518. The highest BCUT2D eigenvalue weighted by Gasteiger charge is 2.25. The van der Waals surface area contributed by atoms with E-state index in [1.165, 1.54) is 36.1 Å². The summed E-state index contributed by atoms with van der Waals surface area (Å²) in [4.78, 5) is 14.5. The van der Waals surface area contributed by atoms with Crippen molar-refractivity contribution < 1.29 is 9.90 Å². The molecule has 0 spiro atoms. The van der Waals surface area contributed by atoms with Gasteiger partial charge < -0.3 is 10.4 Å².